The minimum absolute atomic E-state index is 0.0273. The van der Waals surface area contributed by atoms with E-state index in [1.807, 2.05) is 13.8 Å². The number of hydrogen-bond acceptors (Lipinski definition) is 6. The fourth-order valence-electron chi connectivity index (χ4n) is 4.14. The third kappa shape index (κ3) is 5.56. The van der Waals surface area contributed by atoms with E-state index in [1.165, 1.54) is 17.0 Å². The molecule has 0 aliphatic rings. The number of aromatic nitrogens is 3. The van der Waals surface area contributed by atoms with E-state index in [0.717, 1.165) is 5.56 Å². The smallest absolute Gasteiger partial charge is 0.263 e. The summed E-state index contributed by atoms with van der Waals surface area (Å²) in [5.41, 5.74) is 3.25. The van der Waals surface area contributed by atoms with E-state index in [9.17, 15) is 18.0 Å². The Balaban J connectivity index is 1.73. The number of aryl methyl sites for hydroxylation is 2. The predicted octanol–water partition coefficient (Wildman–Crippen LogP) is 4.17. The molecule has 2 heterocycles. The van der Waals surface area contributed by atoms with Crippen LogP contribution in [0.4, 0.5) is 5.69 Å². The maximum atomic E-state index is 13.2. The van der Waals surface area contributed by atoms with Gasteiger partial charge in [-0.3, -0.25) is 23.9 Å². The summed E-state index contributed by atoms with van der Waals surface area (Å²) in [5, 5.41) is 3.09. The van der Waals surface area contributed by atoms with E-state index in [4.69, 9.17) is 11.6 Å². The largest absolute Gasteiger partial charge is 0.359 e. The van der Waals surface area contributed by atoms with Gasteiger partial charge in [0.05, 0.1) is 39.6 Å². The van der Waals surface area contributed by atoms with Crippen LogP contribution in [0.15, 0.2) is 64.7 Å². The Bertz CT molecular complexity index is 1700. The molecular weight excluding hydrogens is 526 g/mol. The fraction of sp³-hybridized carbons (Fsp3) is 0.259. The molecule has 0 spiro atoms. The highest BCUT2D eigenvalue weighted by molar-refractivity contribution is 7.92. The quantitative estimate of drug-likeness (QED) is 0.338. The summed E-state index contributed by atoms with van der Waals surface area (Å²) in [4.78, 5) is 33.9. The van der Waals surface area contributed by atoms with Crippen molar-refractivity contribution in [1.29, 1.82) is 0 Å². The monoisotopic (exact) mass is 553 g/mol. The van der Waals surface area contributed by atoms with Crippen molar-refractivity contribution in [2.45, 2.75) is 38.6 Å². The lowest BCUT2D eigenvalue weighted by molar-refractivity contribution is -0.124. The summed E-state index contributed by atoms with van der Waals surface area (Å²) in [7, 11) is -2.43. The van der Waals surface area contributed by atoms with Gasteiger partial charge in [-0.15, -0.1) is 0 Å². The standard InChI is InChI=1S/C27H28ClN5O4S/c1-5-22-24(32-38(36,37)25-9-6-16(2)10-21(25)28)12-19(13-30-22)18-7-8-23-20(11-18)27(35)33(15-31-23)14-17(3)26(34)29-4/h6-13,15,17,32H,5,14H2,1-4H3,(H,29,34)/t17-/m1/s1. The van der Waals surface area contributed by atoms with Crippen molar-refractivity contribution in [3.63, 3.8) is 0 Å². The zero-order chi connectivity index (χ0) is 27.6. The number of amides is 1. The first-order valence-corrected chi connectivity index (χ1v) is 13.9. The summed E-state index contributed by atoms with van der Waals surface area (Å²) in [5.74, 6) is -0.585. The zero-order valence-electron chi connectivity index (χ0n) is 21.4. The molecule has 1 atom stereocenters. The molecule has 11 heteroatoms. The number of anilines is 1. The van der Waals surface area contributed by atoms with E-state index in [1.54, 1.807) is 56.6 Å². The van der Waals surface area contributed by atoms with Crippen LogP contribution in [-0.4, -0.2) is 35.9 Å². The topological polar surface area (TPSA) is 123 Å². The van der Waals surface area contributed by atoms with Crippen LogP contribution >= 0.6 is 11.6 Å². The fourth-order valence-corrected chi connectivity index (χ4v) is 5.82. The first kappa shape index (κ1) is 27.3. The number of nitrogens with zero attached hydrogens (tertiary/aromatic N) is 3. The molecule has 0 saturated carbocycles. The summed E-state index contributed by atoms with van der Waals surface area (Å²) >= 11 is 6.23. The lowest BCUT2D eigenvalue weighted by atomic mass is 10.0. The highest BCUT2D eigenvalue weighted by Crippen LogP contribution is 2.29. The van der Waals surface area contributed by atoms with E-state index >= 15 is 0 Å². The third-order valence-electron chi connectivity index (χ3n) is 6.25. The van der Waals surface area contributed by atoms with Crippen LogP contribution in [0.1, 0.15) is 25.1 Å². The molecule has 2 aromatic carbocycles. The molecule has 0 aliphatic carbocycles. The maximum Gasteiger partial charge on any atom is 0.263 e. The van der Waals surface area contributed by atoms with Crippen LogP contribution in [0, 0.1) is 12.8 Å². The van der Waals surface area contributed by atoms with E-state index in [-0.39, 0.29) is 27.9 Å². The molecule has 2 N–H and O–H groups in total. The average Bonchev–Trinajstić information content (AvgIpc) is 2.89. The Morgan fingerprint density at radius 3 is 2.55 bits per heavy atom. The van der Waals surface area contributed by atoms with Crippen molar-refractivity contribution in [2.24, 2.45) is 5.92 Å². The number of pyridine rings is 1. The highest BCUT2D eigenvalue weighted by Gasteiger charge is 2.20. The van der Waals surface area contributed by atoms with Crippen LogP contribution in [0.2, 0.25) is 5.02 Å². The van der Waals surface area contributed by atoms with E-state index in [2.05, 4.69) is 20.0 Å². The van der Waals surface area contributed by atoms with E-state index < -0.39 is 15.9 Å². The molecule has 0 aliphatic heterocycles. The summed E-state index contributed by atoms with van der Waals surface area (Å²) < 4.78 is 30.4. The van der Waals surface area contributed by atoms with Crippen LogP contribution in [0.25, 0.3) is 22.0 Å². The van der Waals surface area contributed by atoms with Gasteiger partial charge in [0, 0.05) is 25.4 Å². The number of hydrogen-bond donors (Lipinski definition) is 2. The van der Waals surface area contributed by atoms with Crippen molar-refractivity contribution < 1.29 is 13.2 Å². The van der Waals surface area contributed by atoms with Crippen molar-refractivity contribution in [1.82, 2.24) is 19.9 Å². The van der Waals surface area contributed by atoms with Gasteiger partial charge in [0.2, 0.25) is 5.91 Å². The van der Waals surface area contributed by atoms with Gasteiger partial charge in [0.15, 0.2) is 0 Å². The van der Waals surface area contributed by atoms with Crippen LogP contribution in [0.5, 0.6) is 0 Å². The number of fused-ring (bicyclic) bond motifs is 1. The maximum absolute atomic E-state index is 13.2. The second-order valence-corrected chi connectivity index (χ2v) is 11.1. The van der Waals surface area contributed by atoms with Gasteiger partial charge >= 0.3 is 0 Å². The lowest BCUT2D eigenvalue weighted by Gasteiger charge is -2.15. The Morgan fingerprint density at radius 1 is 1.11 bits per heavy atom. The number of nitrogens with one attached hydrogen (secondary N) is 2. The van der Waals surface area contributed by atoms with Crippen molar-refractivity contribution in [3.8, 4) is 11.1 Å². The summed E-state index contributed by atoms with van der Waals surface area (Å²) in [6, 6.07) is 11.7. The van der Waals surface area contributed by atoms with Crippen molar-refractivity contribution in [3.05, 3.63) is 81.6 Å². The molecule has 38 heavy (non-hydrogen) atoms. The summed E-state index contributed by atoms with van der Waals surface area (Å²) in [6.07, 6.45) is 3.57. The second kappa shape index (κ2) is 10.9. The SMILES string of the molecule is CCc1ncc(-c2ccc3ncn(C[C@@H](C)C(=O)NC)c(=O)c3c2)cc1NS(=O)(=O)c1ccc(C)cc1Cl. The van der Waals surface area contributed by atoms with Gasteiger partial charge < -0.3 is 5.32 Å². The minimum atomic E-state index is -3.98. The number of rotatable bonds is 8. The first-order valence-electron chi connectivity index (χ1n) is 12.0. The molecule has 4 rings (SSSR count). The third-order valence-corrected chi connectivity index (χ3v) is 8.10. The van der Waals surface area contributed by atoms with Crippen molar-refractivity contribution in [2.75, 3.05) is 11.8 Å². The Morgan fingerprint density at radius 2 is 1.87 bits per heavy atom. The van der Waals surface area contributed by atoms with E-state index in [0.29, 0.717) is 39.8 Å². The van der Waals surface area contributed by atoms with Crippen molar-refractivity contribution >= 4 is 44.1 Å². The van der Waals surface area contributed by atoms with Crippen LogP contribution in [-0.2, 0) is 27.8 Å². The Labute approximate surface area is 226 Å². The van der Waals surface area contributed by atoms with Gasteiger partial charge in [0.1, 0.15) is 4.90 Å². The van der Waals surface area contributed by atoms with Crippen LogP contribution < -0.4 is 15.6 Å². The Kier molecular flexibility index (Phi) is 7.84. The number of halogens is 1. The highest BCUT2D eigenvalue weighted by atomic mass is 35.5. The number of sulfonamides is 1. The van der Waals surface area contributed by atoms with Gasteiger partial charge in [-0.25, -0.2) is 13.4 Å². The second-order valence-electron chi connectivity index (χ2n) is 9.06. The molecule has 198 valence electrons. The molecule has 0 unspecified atom stereocenters. The Hall–Kier alpha value is -3.76. The zero-order valence-corrected chi connectivity index (χ0v) is 23.0. The predicted molar refractivity (Wildman–Crippen MR) is 149 cm³/mol. The average molecular weight is 554 g/mol. The molecule has 0 saturated heterocycles. The number of carbonyl (C=O) groups is 1. The molecule has 0 bridgehead atoms. The summed E-state index contributed by atoms with van der Waals surface area (Å²) in [6.45, 7) is 5.63. The van der Waals surface area contributed by atoms with Gasteiger partial charge in [0.25, 0.3) is 15.6 Å². The first-order chi connectivity index (χ1) is 18.0. The molecule has 1 amide bonds. The number of carbonyl (C=O) groups excluding carboxylic acids is 1. The number of benzene rings is 2. The molecule has 4 aromatic rings. The van der Waals surface area contributed by atoms with Crippen LogP contribution in [0.3, 0.4) is 0 Å². The molecule has 0 fully saturated rings. The molecular formula is C27H28ClN5O4S. The van der Waals surface area contributed by atoms with Gasteiger partial charge in [-0.2, -0.15) is 0 Å². The van der Waals surface area contributed by atoms with Gasteiger partial charge in [-0.05, 0) is 54.8 Å². The molecule has 9 nitrogen and oxygen atoms in total. The normalized spacial score (nSPS) is 12.3. The molecule has 0 radical (unpaired) electrons. The lowest BCUT2D eigenvalue weighted by Crippen LogP contribution is -2.32. The van der Waals surface area contributed by atoms with Gasteiger partial charge in [-0.1, -0.05) is 37.6 Å². The molecule has 2 aromatic heterocycles. The minimum Gasteiger partial charge on any atom is -0.359 e.